The van der Waals surface area contributed by atoms with Crippen LogP contribution < -0.4 is 34.3 Å². The zero-order valence-electron chi connectivity index (χ0n) is 17.3. The smallest absolute Gasteiger partial charge is 1.00 e. The monoisotopic (exact) mass is 382 g/mol. The molecule has 0 bridgehead atoms. The molecule has 0 aliphatic rings. The van der Waals surface area contributed by atoms with Crippen LogP contribution in [0.4, 0.5) is 0 Å². The summed E-state index contributed by atoms with van der Waals surface area (Å²) in [6, 6.07) is 23.2. The average molecular weight is 382 g/mol. The van der Waals surface area contributed by atoms with Gasteiger partial charge in [0, 0.05) is 0 Å². The number of aryl methyl sites for hydroxylation is 1. The molecule has 0 heterocycles. The van der Waals surface area contributed by atoms with E-state index in [9.17, 15) is 9.90 Å². The molecule has 0 aliphatic heterocycles. The van der Waals surface area contributed by atoms with E-state index in [2.05, 4.69) is 0 Å². The van der Waals surface area contributed by atoms with Crippen LogP contribution in [0, 0.1) is 6.92 Å². The predicted molar refractivity (Wildman–Crippen MR) is 109 cm³/mol. The molecule has 0 amide bonds. The van der Waals surface area contributed by atoms with Gasteiger partial charge in [-0.15, -0.1) is 0 Å². The molecule has 3 aromatic rings. The number of aromatic carboxylic acids is 1. The first-order chi connectivity index (χ1) is 13.1. The molecule has 3 nitrogen and oxygen atoms in total. The molecular formula is C24H23NaO3. The number of hydrogen-bond donors (Lipinski definition) is 1. The second kappa shape index (κ2) is 10.9. The van der Waals surface area contributed by atoms with E-state index in [0.717, 1.165) is 22.4 Å². The number of allylic oxidation sites excluding steroid dienone is 1. The van der Waals surface area contributed by atoms with Crippen molar-refractivity contribution < 1.29 is 45.6 Å². The van der Waals surface area contributed by atoms with Crippen LogP contribution in [0.15, 0.2) is 78.9 Å². The summed E-state index contributed by atoms with van der Waals surface area (Å²) in [4.78, 5) is 11.3. The van der Waals surface area contributed by atoms with Crippen molar-refractivity contribution in [2.24, 2.45) is 0 Å². The summed E-state index contributed by atoms with van der Waals surface area (Å²) in [5.74, 6) is -0.0322. The molecule has 0 aliphatic carbocycles. The third-order valence-corrected chi connectivity index (χ3v) is 4.35. The van der Waals surface area contributed by atoms with Crippen molar-refractivity contribution in [3.8, 4) is 5.75 Å². The molecule has 3 aromatic carbocycles. The molecule has 138 valence electrons. The molecule has 3 rings (SSSR count). The minimum absolute atomic E-state index is 0. The average Bonchev–Trinajstić information content (AvgIpc) is 2.68. The van der Waals surface area contributed by atoms with Crippen molar-refractivity contribution in [3.05, 3.63) is 107 Å². The van der Waals surface area contributed by atoms with Crippen molar-refractivity contribution in [2.45, 2.75) is 20.0 Å². The number of ether oxygens (including phenoxy) is 1. The number of rotatable bonds is 7. The second-order valence-electron chi connectivity index (χ2n) is 6.34. The fourth-order valence-corrected chi connectivity index (χ4v) is 2.96. The zero-order chi connectivity index (χ0) is 19.1. The maximum Gasteiger partial charge on any atom is 1.00 e. The van der Waals surface area contributed by atoms with E-state index >= 15 is 0 Å². The molecular weight excluding hydrogens is 359 g/mol. The minimum atomic E-state index is -0.919. The van der Waals surface area contributed by atoms with Crippen molar-refractivity contribution in [1.29, 1.82) is 0 Å². The van der Waals surface area contributed by atoms with Crippen LogP contribution in [0.5, 0.6) is 5.75 Å². The number of carboxylic acid groups (broad SMARTS) is 1. The number of carbonyl (C=O) groups is 1. The van der Waals surface area contributed by atoms with Gasteiger partial charge in [-0.25, -0.2) is 4.79 Å². The van der Waals surface area contributed by atoms with Gasteiger partial charge in [-0.2, -0.15) is 0 Å². The summed E-state index contributed by atoms with van der Waals surface area (Å²) in [6.45, 7) is 2.55. The van der Waals surface area contributed by atoms with Crippen LogP contribution in [0.2, 0.25) is 0 Å². The van der Waals surface area contributed by atoms with E-state index in [1.54, 1.807) is 12.1 Å². The maximum absolute atomic E-state index is 11.3. The van der Waals surface area contributed by atoms with Gasteiger partial charge in [-0.3, -0.25) is 0 Å². The Bertz CT molecular complexity index is 955. The molecule has 0 spiro atoms. The molecule has 0 aromatic heterocycles. The van der Waals surface area contributed by atoms with Crippen LogP contribution in [0.25, 0.3) is 6.08 Å². The van der Waals surface area contributed by atoms with Gasteiger partial charge in [0.15, 0.2) is 0 Å². The summed E-state index contributed by atoms with van der Waals surface area (Å²) < 4.78 is 6.09. The van der Waals surface area contributed by atoms with E-state index < -0.39 is 5.97 Å². The molecule has 1 N–H and O–H groups in total. The molecule has 4 heteroatoms. The Morgan fingerprint density at radius 2 is 1.71 bits per heavy atom. The third-order valence-electron chi connectivity index (χ3n) is 4.35. The first kappa shape index (κ1) is 22.0. The Hall–Kier alpha value is -2.33. The minimum Gasteiger partial charge on any atom is -1.00 e. The number of hydrogen-bond acceptors (Lipinski definition) is 2. The normalized spacial score (nSPS) is 10.5. The molecule has 0 unspecified atom stereocenters. The van der Waals surface area contributed by atoms with E-state index in [0.29, 0.717) is 24.2 Å². The first-order valence-electron chi connectivity index (χ1n) is 8.89. The first-order valence-corrected chi connectivity index (χ1v) is 8.89. The maximum atomic E-state index is 11.3. The van der Waals surface area contributed by atoms with Gasteiger partial charge in [0.25, 0.3) is 0 Å². The summed E-state index contributed by atoms with van der Waals surface area (Å²) in [7, 11) is 0. The Morgan fingerprint density at radius 3 is 2.46 bits per heavy atom. The molecule has 0 atom stereocenters. The Morgan fingerprint density at radius 1 is 1.00 bits per heavy atom. The van der Waals surface area contributed by atoms with Gasteiger partial charge in [-0.05, 0) is 41.7 Å². The van der Waals surface area contributed by atoms with Gasteiger partial charge in [0.1, 0.15) is 12.4 Å². The quantitative estimate of drug-likeness (QED) is 0.639. The van der Waals surface area contributed by atoms with Crippen LogP contribution in [0.1, 0.15) is 34.0 Å². The van der Waals surface area contributed by atoms with E-state index in [1.165, 1.54) is 0 Å². The fourth-order valence-electron chi connectivity index (χ4n) is 2.96. The van der Waals surface area contributed by atoms with Gasteiger partial charge in [-0.1, -0.05) is 78.9 Å². The van der Waals surface area contributed by atoms with E-state index in [-0.39, 0.29) is 31.0 Å². The molecule has 28 heavy (non-hydrogen) atoms. The predicted octanol–water partition coefficient (Wildman–Crippen LogP) is 2.64. The largest absolute Gasteiger partial charge is 1.00 e. The summed E-state index contributed by atoms with van der Waals surface area (Å²) in [5.41, 5.74) is 4.29. The van der Waals surface area contributed by atoms with Crippen LogP contribution in [-0.4, -0.2) is 11.1 Å². The van der Waals surface area contributed by atoms with Crippen LogP contribution in [-0.2, 0) is 13.0 Å². The topological polar surface area (TPSA) is 46.5 Å². The molecule has 0 fully saturated rings. The molecule has 0 saturated carbocycles. The summed E-state index contributed by atoms with van der Waals surface area (Å²) >= 11 is 0. The van der Waals surface area contributed by atoms with Gasteiger partial charge < -0.3 is 11.3 Å². The van der Waals surface area contributed by atoms with Crippen LogP contribution >= 0.6 is 0 Å². The van der Waals surface area contributed by atoms with Crippen LogP contribution in [0.3, 0.4) is 0 Å². The number of para-hydroxylation sites is 1. The third kappa shape index (κ3) is 5.83. The van der Waals surface area contributed by atoms with Crippen molar-refractivity contribution in [3.63, 3.8) is 0 Å². The zero-order valence-corrected chi connectivity index (χ0v) is 18.3. The number of benzene rings is 3. The van der Waals surface area contributed by atoms with Gasteiger partial charge in [0.05, 0.1) is 5.56 Å². The van der Waals surface area contributed by atoms with Crippen molar-refractivity contribution in [2.75, 3.05) is 0 Å². The fraction of sp³-hybridized carbons (Fsp3) is 0.125. The van der Waals surface area contributed by atoms with E-state index in [4.69, 9.17) is 4.74 Å². The number of carboxylic acids is 1. The summed E-state index contributed by atoms with van der Waals surface area (Å²) in [5, 5.41) is 9.29. The standard InChI is InChI=1S/C24H22O3.Na.H/c1-18-9-7-14-21(23(18)27-17-19-10-3-2-4-11-19)15-8-13-20-12-5-6-16-22(20)24(25)26;;/h2-14,16H,15,17H2,1H3,(H,25,26);;/q;+1;-1. The Balaban J connectivity index is 0.00000210. The van der Waals surface area contributed by atoms with Crippen molar-refractivity contribution >= 4 is 12.0 Å². The van der Waals surface area contributed by atoms with Crippen molar-refractivity contribution in [1.82, 2.24) is 0 Å². The van der Waals surface area contributed by atoms with Gasteiger partial charge >= 0.3 is 35.5 Å². The second-order valence-corrected chi connectivity index (χ2v) is 6.34. The SMILES string of the molecule is Cc1cccc(CC=Cc2ccccc2C(=O)O)c1OCc1ccccc1.[H-].[Na+]. The van der Waals surface area contributed by atoms with Gasteiger partial charge in [0.2, 0.25) is 0 Å². The molecule has 0 radical (unpaired) electrons. The van der Waals surface area contributed by atoms with E-state index in [1.807, 2.05) is 79.7 Å². The summed E-state index contributed by atoms with van der Waals surface area (Å²) in [6.07, 6.45) is 4.50. The Kier molecular flexibility index (Phi) is 8.52. The Labute approximate surface area is 189 Å². The molecule has 0 saturated heterocycles.